The fourth-order valence-electron chi connectivity index (χ4n) is 3.60. The van der Waals surface area contributed by atoms with Crippen molar-refractivity contribution < 1.29 is 0 Å². The van der Waals surface area contributed by atoms with Crippen molar-refractivity contribution in [2.45, 2.75) is 58.5 Å². The number of allylic oxidation sites excluding steroid dienone is 7. The van der Waals surface area contributed by atoms with Gasteiger partial charge in [-0.2, -0.15) is 5.53 Å². The van der Waals surface area contributed by atoms with Gasteiger partial charge in [0.15, 0.2) is 6.17 Å². The molecule has 0 radical (unpaired) electrons. The van der Waals surface area contributed by atoms with Crippen molar-refractivity contribution in [1.29, 1.82) is 0 Å². The Bertz CT molecular complexity index is 556. The molecule has 4 nitrogen and oxygen atoms in total. The molecule has 0 saturated heterocycles. The molecule has 3 rings (SSSR count). The van der Waals surface area contributed by atoms with Gasteiger partial charge in [-0.15, -0.1) is 5.11 Å². The van der Waals surface area contributed by atoms with E-state index in [1.54, 1.807) is 5.57 Å². The van der Waals surface area contributed by atoms with E-state index in [4.69, 9.17) is 0 Å². The van der Waals surface area contributed by atoms with Gasteiger partial charge < -0.3 is 0 Å². The topological polar surface area (TPSA) is 40.0 Å². The lowest BCUT2D eigenvalue weighted by Gasteiger charge is -2.31. The van der Waals surface area contributed by atoms with Crippen LogP contribution in [0.4, 0.5) is 0 Å². The highest BCUT2D eigenvalue weighted by Crippen LogP contribution is 2.34. The van der Waals surface area contributed by atoms with Gasteiger partial charge in [0.25, 0.3) is 0 Å². The van der Waals surface area contributed by atoms with Gasteiger partial charge in [-0.05, 0) is 43.6 Å². The second kappa shape index (κ2) is 7.62. The van der Waals surface area contributed by atoms with Crippen LogP contribution < -0.4 is 5.53 Å². The summed E-state index contributed by atoms with van der Waals surface area (Å²) >= 11 is 0. The Balaban J connectivity index is 1.59. The quantitative estimate of drug-likeness (QED) is 0.667. The third-order valence-electron chi connectivity index (χ3n) is 5.12. The number of nitrogens with one attached hydrogen (secondary N) is 1. The van der Waals surface area contributed by atoms with E-state index in [-0.39, 0.29) is 6.17 Å². The zero-order valence-corrected chi connectivity index (χ0v) is 14.3. The first kappa shape index (κ1) is 16.0. The highest BCUT2D eigenvalue weighted by atomic mass is 15.8. The lowest BCUT2D eigenvalue weighted by atomic mass is 9.79. The number of nitrogens with zero attached hydrogens (tertiary/aromatic N) is 3. The molecular weight excluding hydrogens is 284 g/mol. The standard InChI is InChI=1S/C19H28N4/c1-3-4-5-9-16-10-8-11-17(15(16)2)14-19-20-21-22-23(19)18-12-6-7-13-18/h6,8,10-13,15,17,19H,3-5,7,9,14H2,1-2H3,(H,20,22). The number of hydrogen-bond acceptors (Lipinski definition) is 4. The van der Waals surface area contributed by atoms with Gasteiger partial charge in [-0.3, -0.25) is 0 Å². The van der Waals surface area contributed by atoms with Crippen LogP contribution in [-0.2, 0) is 0 Å². The summed E-state index contributed by atoms with van der Waals surface area (Å²) in [6, 6.07) is 0. The normalized spacial score (nSPS) is 29.0. The third kappa shape index (κ3) is 3.74. The van der Waals surface area contributed by atoms with Gasteiger partial charge in [0.05, 0.1) is 5.70 Å². The van der Waals surface area contributed by atoms with E-state index in [0.29, 0.717) is 11.8 Å². The Morgan fingerprint density at radius 3 is 3.04 bits per heavy atom. The zero-order valence-electron chi connectivity index (χ0n) is 14.3. The molecule has 3 aliphatic rings. The summed E-state index contributed by atoms with van der Waals surface area (Å²) in [5, 5.41) is 10.5. The fourth-order valence-corrected chi connectivity index (χ4v) is 3.60. The van der Waals surface area contributed by atoms with Gasteiger partial charge in [0.1, 0.15) is 0 Å². The lowest BCUT2D eigenvalue weighted by Crippen LogP contribution is -2.37. The predicted molar refractivity (Wildman–Crippen MR) is 94.1 cm³/mol. The van der Waals surface area contributed by atoms with Crippen LogP contribution in [0, 0.1) is 11.8 Å². The maximum absolute atomic E-state index is 4.40. The Labute approximate surface area is 139 Å². The van der Waals surface area contributed by atoms with E-state index in [1.165, 1.54) is 31.4 Å². The molecule has 1 heterocycles. The highest BCUT2D eigenvalue weighted by molar-refractivity contribution is 5.26. The van der Waals surface area contributed by atoms with E-state index >= 15 is 0 Å². The predicted octanol–water partition coefficient (Wildman–Crippen LogP) is 5.06. The van der Waals surface area contributed by atoms with Crippen molar-refractivity contribution in [3.8, 4) is 0 Å². The van der Waals surface area contributed by atoms with Crippen molar-refractivity contribution in [3.63, 3.8) is 0 Å². The molecular formula is C19H28N4. The van der Waals surface area contributed by atoms with Crippen molar-refractivity contribution >= 4 is 0 Å². The molecule has 1 aliphatic heterocycles. The minimum Gasteiger partial charge on any atom is -0.244 e. The fraction of sp³-hybridized carbons (Fsp3) is 0.579. The Kier molecular flexibility index (Phi) is 5.31. The molecule has 0 aromatic rings. The first-order chi connectivity index (χ1) is 11.3. The van der Waals surface area contributed by atoms with Gasteiger partial charge in [-0.25, -0.2) is 5.01 Å². The summed E-state index contributed by atoms with van der Waals surface area (Å²) in [6.45, 7) is 4.63. The van der Waals surface area contributed by atoms with Crippen molar-refractivity contribution in [3.05, 3.63) is 47.7 Å². The summed E-state index contributed by atoms with van der Waals surface area (Å²) < 4.78 is 0. The van der Waals surface area contributed by atoms with Crippen LogP contribution in [-0.4, -0.2) is 11.2 Å². The highest BCUT2D eigenvalue weighted by Gasteiger charge is 2.30. The largest absolute Gasteiger partial charge is 0.244 e. The maximum Gasteiger partial charge on any atom is 0.165 e. The minimum absolute atomic E-state index is 0.0936. The summed E-state index contributed by atoms with van der Waals surface area (Å²) in [7, 11) is 0. The molecule has 0 bridgehead atoms. The van der Waals surface area contributed by atoms with Gasteiger partial charge in [-0.1, -0.05) is 67.9 Å². The van der Waals surface area contributed by atoms with Crippen LogP contribution in [0.5, 0.6) is 0 Å². The van der Waals surface area contributed by atoms with E-state index < -0.39 is 0 Å². The molecule has 0 aromatic carbocycles. The second-order valence-corrected chi connectivity index (χ2v) is 6.70. The van der Waals surface area contributed by atoms with Gasteiger partial charge >= 0.3 is 0 Å². The first-order valence-electron chi connectivity index (χ1n) is 8.98. The molecule has 4 heteroatoms. The average Bonchev–Trinajstić information content (AvgIpc) is 3.22. The Hall–Kier alpha value is -1.84. The number of hydrogen-bond donors (Lipinski definition) is 1. The van der Waals surface area contributed by atoms with Crippen molar-refractivity contribution in [2.75, 3.05) is 0 Å². The lowest BCUT2D eigenvalue weighted by molar-refractivity contribution is 0.205. The summed E-state index contributed by atoms with van der Waals surface area (Å²) in [6.07, 6.45) is 20.7. The maximum atomic E-state index is 4.40. The van der Waals surface area contributed by atoms with E-state index in [1.807, 2.05) is 0 Å². The third-order valence-corrected chi connectivity index (χ3v) is 5.12. The van der Waals surface area contributed by atoms with Crippen molar-refractivity contribution in [2.24, 2.45) is 22.2 Å². The van der Waals surface area contributed by atoms with E-state index in [9.17, 15) is 0 Å². The average molecular weight is 312 g/mol. The van der Waals surface area contributed by atoms with Crippen LogP contribution in [0.1, 0.15) is 52.4 Å². The SMILES string of the molecule is CCCCCC1=CC=CC(CC2N=NNN2C2=CCC=C2)C1C. The first-order valence-corrected chi connectivity index (χ1v) is 8.98. The molecule has 0 amide bonds. The van der Waals surface area contributed by atoms with Crippen LogP contribution in [0.3, 0.4) is 0 Å². The minimum atomic E-state index is 0.0936. The van der Waals surface area contributed by atoms with Crippen LogP contribution in [0.15, 0.2) is 58.1 Å². The molecule has 1 N–H and O–H groups in total. The Morgan fingerprint density at radius 1 is 1.35 bits per heavy atom. The molecule has 0 saturated carbocycles. The van der Waals surface area contributed by atoms with Gasteiger partial charge in [0.2, 0.25) is 0 Å². The van der Waals surface area contributed by atoms with Crippen LogP contribution >= 0.6 is 0 Å². The smallest absolute Gasteiger partial charge is 0.165 e. The molecule has 2 aliphatic carbocycles. The summed E-state index contributed by atoms with van der Waals surface area (Å²) in [5.74, 6) is 1.14. The molecule has 0 aromatic heterocycles. The monoisotopic (exact) mass is 312 g/mol. The van der Waals surface area contributed by atoms with Gasteiger partial charge in [0, 0.05) is 0 Å². The van der Waals surface area contributed by atoms with E-state index in [2.05, 4.69) is 71.2 Å². The molecule has 3 atom stereocenters. The second-order valence-electron chi connectivity index (χ2n) is 6.70. The van der Waals surface area contributed by atoms with E-state index in [0.717, 1.165) is 12.8 Å². The summed E-state index contributed by atoms with van der Waals surface area (Å²) in [5.41, 5.74) is 5.82. The number of unbranched alkanes of at least 4 members (excludes halogenated alkanes) is 2. The van der Waals surface area contributed by atoms with Crippen LogP contribution in [0.25, 0.3) is 0 Å². The van der Waals surface area contributed by atoms with Crippen molar-refractivity contribution in [1.82, 2.24) is 10.5 Å². The molecule has 124 valence electrons. The number of rotatable bonds is 7. The molecule has 0 spiro atoms. The molecule has 23 heavy (non-hydrogen) atoms. The molecule has 0 fully saturated rings. The molecule has 3 unspecified atom stereocenters. The number of hydrazine groups is 1. The Morgan fingerprint density at radius 2 is 2.26 bits per heavy atom. The van der Waals surface area contributed by atoms with Crippen LogP contribution in [0.2, 0.25) is 0 Å². The zero-order chi connectivity index (χ0) is 16.1. The summed E-state index contributed by atoms with van der Waals surface area (Å²) in [4.78, 5) is 0.